The number of nitrogens with one attached hydrogen (secondary N) is 1. The molecule has 0 saturated carbocycles. The minimum absolute atomic E-state index is 0.00805. The van der Waals surface area contributed by atoms with Gasteiger partial charge < -0.3 is 11.1 Å². The van der Waals surface area contributed by atoms with E-state index in [1.165, 1.54) is 0 Å². The second-order valence-electron chi connectivity index (χ2n) is 4.77. The van der Waals surface area contributed by atoms with Crippen LogP contribution < -0.4 is 11.1 Å². The predicted molar refractivity (Wildman–Crippen MR) is 75.0 cm³/mol. The lowest BCUT2D eigenvalue weighted by molar-refractivity contribution is -0.137. The third-order valence-electron chi connectivity index (χ3n) is 2.55. The largest absolute Gasteiger partial charge is 0.416 e. The van der Waals surface area contributed by atoms with Crippen LogP contribution in [-0.4, -0.2) is 21.9 Å². The first kappa shape index (κ1) is 17.5. The normalized spacial score (nSPS) is 13.2. The van der Waals surface area contributed by atoms with Crippen molar-refractivity contribution in [3.8, 4) is 0 Å². The van der Waals surface area contributed by atoms with Crippen LogP contribution in [0.5, 0.6) is 0 Å². The van der Waals surface area contributed by atoms with E-state index < -0.39 is 22.5 Å². The Morgan fingerprint density at radius 1 is 1.38 bits per heavy atom. The smallest absolute Gasteiger partial charge is 0.398 e. The van der Waals surface area contributed by atoms with Crippen LogP contribution in [0.25, 0.3) is 0 Å². The lowest BCUT2D eigenvalue weighted by Crippen LogP contribution is -2.30. The number of nitrogens with two attached hydrogens (primary N) is 1. The molecule has 1 amide bonds. The third kappa shape index (κ3) is 5.37. The quantitative estimate of drug-likeness (QED) is 0.817. The predicted octanol–water partition coefficient (Wildman–Crippen LogP) is 2.31. The first-order valence-corrected chi connectivity index (χ1v) is 7.57. The number of anilines is 1. The molecule has 0 aliphatic carbocycles. The van der Waals surface area contributed by atoms with Crippen LogP contribution in [0.2, 0.25) is 0 Å². The topological polar surface area (TPSA) is 72.2 Å². The highest BCUT2D eigenvalue weighted by molar-refractivity contribution is 7.85. The van der Waals surface area contributed by atoms with Gasteiger partial charge in [-0.3, -0.25) is 9.00 Å². The van der Waals surface area contributed by atoms with Crippen LogP contribution in [0.3, 0.4) is 0 Å². The van der Waals surface area contributed by atoms with Gasteiger partial charge in [0.05, 0.1) is 21.3 Å². The highest BCUT2D eigenvalue weighted by Crippen LogP contribution is 2.32. The van der Waals surface area contributed by atoms with Crippen LogP contribution in [0, 0.1) is 0 Å². The number of amides is 1. The Balaban J connectivity index is 2.73. The van der Waals surface area contributed by atoms with Crippen molar-refractivity contribution >= 4 is 22.4 Å². The summed E-state index contributed by atoms with van der Waals surface area (Å²) in [5.74, 6) is -0.252. The molecule has 0 aromatic heterocycles. The lowest BCUT2D eigenvalue weighted by Gasteiger charge is -2.11. The molecule has 0 spiro atoms. The fourth-order valence-corrected chi connectivity index (χ4v) is 2.75. The summed E-state index contributed by atoms with van der Waals surface area (Å²) in [4.78, 5) is 11.5. The Hall–Kier alpha value is -1.57. The number of hydrogen-bond acceptors (Lipinski definition) is 3. The average Bonchev–Trinajstić information content (AvgIpc) is 2.33. The molecule has 8 heteroatoms. The molecule has 3 N–H and O–H groups in total. The zero-order valence-corrected chi connectivity index (χ0v) is 12.5. The van der Waals surface area contributed by atoms with E-state index in [0.717, 1.165) is 18.2 Å². The van der Waals surface area contributed by atoms with E-state index in [0.29, 0.717) is 0 Å². The van der Waals surface area contributed by atoms with Crippen molar-refractivity contribution in [3.05, 3.63) is 23.8 Å². The molecule has 0 fully saturated rings. The fraction of sp³-hybridized carbons (Fsp3) is 0.462. The monoisotopic (exact) mass is 322 g/mol. The molecule has 1 aromatic carbocycles. The van der Waals surface area contributed by atoms with Gasteiger partial charge in [-0.05, 0) is 32.0 Å². The second-order valence-corrected chi connectivity index (χ2v) is 6.31. The van der Waals surface area contributed by atoms with Crippen LogP contribution >= 0.6 is 0 Å². The Morgan fingerprint density at radius 2 is 2.00 bits per heavy atom. The van der Waals surface area contributed by atoms with Gasteiger partial charge in [0.25, 0.3) is 0 Å². The average molecular weight is 322 g/mol. The Bertz CT molecular complexity index is 545. The molecule has 0 radical (unpaired) electrons. The SMILES string of the molecule is CC(C)NC(=O)CCS(=O)c1ccc(C(F)(F)F)cc1N. The van der Waals surface area contributed by atoms with Gasteiger partial charge in [-0.15, -0.1) is 0 Å². The van der Waals surface area contributed by atoms with Crippen molar-refractivity contribution < 1.29 is 22.2 Å². The highest BCUT2D eigenvalue weighted by atomic mass is 32.2. The van der Waals surface area contributed by atoms with Gasteiger partial charge in [0.1, 0.15) is 0 Å². The molecule has 1 aromatic rings. The summed E-state index contributed by atoms with van der Waals surface area (Å²) in [6.07, 6.45) is -4.48. The maximum atomic E-state index is 12.5. The van der Waals surface area contributed by atoms with Crippen molar-refractivity contribution in [2.75, 3.05) is 11.5 Å². The van der Waals surface area contributed by atoms with Crippen LogP contribution in [0.4, 0.5) is 18.9 Å². The maximum Gasteiger partial charge on any atom is 0.416 e. The Kier molecular flexibility index (Phi) is 5.77. The molecule has 1 unspecified atom stereocenters. The van der Waals surface area contributed by atoms with Crippen molar-refractivity contribution in [3.63, 3.8) is 0 Å². The maximum absolute atomic E-state index is 12.5. The summed E-state index contributed by atoms with van der Waals surface area (Å²) in [7, 11) is -1.62. The van der Waals surface area contributed by atoms with E-state index in [1.807, 2.05) is 0 Å². The zero-order valence-electron chi connectivity index (χ0n) is 11.7. The second kappa shape index (κ2) is 6.93. The van der Waals surface area contributed by atoms with Gasteiger partial charge in [-0.1, -0.05) is 0 Å². The van der Waals surface area contributed by atoms with Crippen molar-refractivity contribution in [2.45, 2.75) is 37.4 Å². The minimum Gasteiger partial charge on any atom is -0.398 e. The summed E-state index contributed by atoms with van der Waals surface area (Å²) in [6, 6.07) is 2.65. The Labute approximate surface area is 123 Å². The lowest BCUT2D eigenvalue weighted by atomic mass is 10.2. The van der Waals surface area contributed by atoms with E-state index in [2.05, 4.69) is 5.32 Å². The van der Waals surface area contributed by atoms with Crippen molar-refractivity contribution in [1.82, 2.24) is 5.32 Å². The molecule has 0 aliphatic heterocycles. The van der Waals surface area contributed by atoms with Gasteiger partial charge in [0.2, 0.25) is 5.91 Å². The van der Waals surface area contributed by atoms with Crippen LogP contribution in [-0.2, 0) is 21.8 Å². The summed E-state index contributed by atoms with van der Waals surface area (Å²) >= 11 is 0. The summed E-state index contributed by atoms with van der Waals surface area (Å²) in [5, 5.41) is 2.64. The number of benzene rings is 1. The molecule has 4 nitrogen and oxygen atoms in total. The Morgan fingerprint density at radius 3 is 2.48 bits per heavy atom. The number of halogens is 3. The number of carbonyl (C=O) groups excluding carboxylic acids is 1. The van der Waals surface area contributed by atoms with Gasteiger partial charge in [-0.25, -0.2) is 0 Å². The molecule has 0 heterocycles. The molecular weight excluding hydrogens is 305 g/mol. The van der Waals surface area contributed by atoms with Crippen LogP contribution in [0.15, 0.2) is 23.1 Å². The first-order valence-electron chi connectivity index (χ1n) is 6.25. The summed E-state index contributed by atoms with van der Waals surface area (Å²) < 4.78 is 49.5. The first-order chi connectivity index (χ1) is 9.61. The molecule has 1 atom stereocenters. The van der Waals surface area contributed by atoms with Gasteiger partial charge in [-0.2, -0.15) is 13.2 Å². The van der Waals surface area contributed by atoms with Gasteiger partial charge in [0.15, 0.2) is 0 Å². The number of carbonyl (C=O) groups is 1. The van der Waals surface area contributed by atoms with Crippen molar-refractivity contribution in [1.29, 1.82) is 0 Å². The molecular formula is C13H17F3N2O2S. The number of hydrogen-bond donors (Lipinski definition) is 2. The number of rotatable bonds is 5. The third-order valence-corrected chi connectivity index (χ3v) is 3.98. The summed E-state index contributed by atoms with van der Waals surface area (Å²) in [5.41, 5.74) is 4.43. The molecule has 21 heavy (non-hydrogen) atoms. The standard InChI is InChI=1S/C13H17F3N2O2S/c1-8(2)18-12(19)5-6-21(20)11-4-3-9(7-10(11)17)13(14,15)16/h3-4,7-8H,5-6,17H2,1-2H3,(H,18,19). The molecule has 0 bridgehead atoms. The number of nitrogen functional groups attached to an aromatic ring is 1. The zero-order chi connectivity index (χ0) is 16.2. The summed E-state index contributed by atoms with van der Waals surface area (Å²) in [6.45, 7) is 3.59. The molecule has 0 saturated heterocycles. The van der Waals surface area contributed by atoms with Crippen molar-refractivity contribution in [2.24, 2.45) is 0 Å². The molecule has 118 valence electrons. The minimum atomic E-state index is -4.49. The molecule has 1 rings (SSSR count). The van der Waals surface area contributed by atoms with Crippen LogP contribution in [0.1, 0.15) is 25.8 Å². The fourth-order valence-electron chi connectivity index (χ4n) is 1.62. The van der Waals surface area contributed by atoms with E-state index in [4.69, 9.17) is 5.73 Å². The highest BCUT2D eigenvalue weighted by Gasteiger charge is 2.31. The van der Waals surface area contributed by atoms with E-state index in [-0.39, 0.29) is 34.7 Å². The molecule has 0 aliphatic rings. The van der Waals surface area contributed by atoms with Gasteiger partial charge in [0, 0.05) is 23.9 Å². The van der Waals surface area contributed by atoms with E-state index in [1.54, 1.807) is 13.8 Å². The number of alkyl halides is 3. The van der Waals surface area contributed by atoms with E-state index >= 15 is 0 Å². The van der Waals surface area contributed by atoms with E-state index in [9.17, 15) is 22.2 Å². The van der Waals surface area contributed by atoms with Gasteiger partial charge >= 0.3 is 6.18 Å².